The number of hydrogen-bond donors (Lipinski definition) is 2. The highest BCUT2D eigenvalue weighted by atomic mass is 19.3. The van der Waals surface area contributed by atoms with Gasteiger partial charge in [0.1, 0.15) is 0 Å². The molecule has 3 N–H and O–H groups in total. The van der Waals surface area contributed by atoms with E-state index >= 15 is 0 Å². The van der Waals surface area contributed by atoms with Gasteiger partial charge in [-0.3, -0.25) is 4.79 Å². The highest BCUT2D eigenvalue weighted by Crippen LogP contribution is 2.73. The first-order valence-corrected chi connectivity index (χ1v) is 11.8. The molecule has 0 spiro atoms. The smallest absolute Gasteiger partial charge is 0.238 e. The van der Waals surface area contributed by atoms with Crippen molar-refractivity contribution in [2.24, 2.45) is 34.8 Å². The largest absolute Gasteiger partial charge is 0.353 e. The maximum Gasteiger partial charge on any atom is 0.238 e. The molecular weight excluding hydrogens is 382 g/mol. The molecule has 5 aliphatic carbocycles. The van der Waals surface area contributed by atoms with Gasteiger partial charge in [-0.2, -0.15) is 0 Å². The average Bonchev–Trinajstić information content (AvgIpc) is 3.12. The molecule has 6 rings (SSSR count). The number of carbonyl (C=O) groups excluding carboxylic acids is 1. The minimum atomic E-state index is -2.28. The molecule has 1 aromatic carbocycles. The number of alkyl halides is 2. The van der Waals surface area contributed by atoms with E-state index in [0.717, 1.165) is 57.9 Å². The first kappa shape index (κ1) is 20.4. The van der Waals surface area contributed by atoms with Crippen molar-refractivity contribution in [1.29, 1.82) is 0 Å². The lowest BCUT2D eigenvalue weighted by Gasteiger charge is -2.43. The van der Waals surface area contributed by atoms with Crippen LogP contribution in [-0.4, -0.2) is 24.9 Å². The SMILES string of the molecule is NCC1CCC(NC(=O)C23CC4CC(c5ccccc5)(CC2C4CC(F)F)C3)CC1. The Hall–Kier alpha value is -1.49. The van der Waals surface area contributed by atoms with Gasteiger partial charge in [0.2, 0.25) is 12.3 Å². The number of nitrogens with two attached hydrogens (primary N) is 1. The summed E-state index contributed by atoms with van der Waals surface area (Å²) in [5, 5.41) is 3.38. The van der Waals surface area contributed by atoms with Crippen molar-refractivity contribution >= 4 is 5.91 Å². The van der Waals surface area contributed by atoms with E-state index in [4.69, 9.17) is 5.73 Å². The molecule has 0 heterocycles. The topological polar surface area (TPSA) is 55.1 Å². The molecule has 164 valence electrons. The van der Waals surface area contributed by atoms with Crippen molar-refractivity contribution in [2.75, 3.05) is 6.54 Å². The zero-order chi connectivity index (χ0) is 20.9. The number of hydrogen-bond acceptors (Lipinski definition) is 2. The Morgan fingerprint density at radius 3 is 2.50 bits per heavy atom. The fraction of sp³-hybridized carbons (Fsp3) is 0.720. The van der Waals surface area contributed by atoms with Crippen LogP contribution in [0.1, 0.15) is 63.4 Å². The lowest BCUT2D eigenvalue weighted by molar-refractivity contribution is -0.134. The maximum atomic E-state index is 13.7. The van der Waals surface area contributed by atoms with Gasteiger partial charge < -0.3 is 11.1 Å². The lowest BCUT2D eigenvalue weighted by atomic mass is 9.61. The molecule has 0 aromatic heterocycles. The summed E-state index contributed by atoms with van der Waals surface area (Å²) in [6.45, 7) is 0.725. The lowest BCUT2D eigenvalue weighted by Crippen LogP contribution is -2.48. The van der Waals surface area contributed by atoms with Crippen LogP contribution in [0, 0.1) is 29.1 Å². The van der Waals surface area contributed by atoms with Crippen LogP contribution in [-0.2, 0) is 10.2 Å². The molecule has 5 fully saturated rings. The Bertz CT molecular complexity index is 779. The van der Waals surface area contributed by atoms with Crippen LogP contribution in [0.5, 0.6) is 0 Å². The summed E-state index contributed by atoms with van der Waals surface area (Å²) in [5.74, 6) is 1.05. The van der Waals surface area contributed by atoms with Crippen LogP contribution in [0.15, 0.2) is 30.3 Å². The molecule has 5 unspecified atom stereocenters. The Balaban J connectivity index is 1.40. The van der Waals surface area contributed by atoms with Gasteiger partial charge in [-0.25, -0.2) is 8.78 Å². The summed E-state index contributed by atoms with van der Waals surface area (Å²) >= 11 is 0. The summed E-state index contributed by atoms with van der Waals surface area (Å²) in [6.07, 6.45) is 5.27. The summed E-state index contributed by atoms with van der Waals surface area (Å²) in [5.41, 5.74) is 6.65. The molecule has 5 aliphatic rings. The van der Waals surface area contributed by atoms with Crippen LogP contribution in [0.2, 0.25) is 0 Å². The molecule has 1 aromatic rings. The first-order chi connectivity index (χ1) is 14.5. The van der Waals surface area contributed by atoms with Crippen LogP contribution in [0.25, 0.3) is 0 Å². The highest BCUT2D eigenvalue weighted by Gasteiger charge is 2.70. The maximum absolute atomic E-state index is 13.7. The molecule has 0 radical (unpaired) electrons. The predicted molar refractivity (Wildman–Crippen MR) is 113 cm³/mol. The second-order valence-corrected chi connectivity index (χ2v) is 10.7. The summed E-state index contributed by atoms with van der Waals surface area (Å²) in [7, 11) is 0. The Labute approximate surface area is 178 Å². The number of benzene rings is 1. The molecule has 0 aliphatic heterocycles. The third kappa shape index (κ3) is 3.19. The first-order valence-electron chi connectivity index (χ1n) is 11.8. The third-order valence-corrected chi connectivity index (χ3v) is 9.18. The minimum absolute atomic E-state index is 0.0111. The molecule has 5 heteroatoms. The van der Waals surface area contributed by atoms with Gasteiger partial charge >= 0.3 is 0 Å². The van der Waals surface area contributed by atoms with Crippen LogP contribution in [0.4, 0.5) is 8.78 Å². The summed E-state index contributed by atoms with van der Waals surface area (Å²) in [4.78, 5) is 13.7. The molecule has 3 nitrogen and oxygen atoms in total. The number of nitrogens with one attached hydrogen (secondary N) is 1. The normalized spacial score (nSPS) is 42.1. The van der Waals surface area contributed by atoms with E-state index in [0.29, 0.717) is 5.92 Å². The quantitative estimate of drug-likeness (QED) is 0.709. The predicted octanol–water partition coefficient (Wildman–Crippen LogP) is 4.65. The van der Waals surface area contributed by atoms with Gasteiger partial charge in [0.25, 0.3) is 0 Å². The van der Waals surface area contributed by atoms with E-state index in [9.17, 15) is 13.6 Å². The summed E-state index contributed by atoms with van der Waals surface area (Å²) < 4.78 is 26.8. The van der Waals surface area contributed by atoms with E-state index in [1.54, 1.807) is 0 Å². The Morgan fingerprint density at radius 2 is 1.83 bits per heavy atom. The van der Waals surface area contributed by atoms with E-state index < -0.39 is 11.8 Å². The zero-order valence-corrected chi connectivity index (χ0v) is 17.7. The zero-order valence-electron chi connectivity index (χ0n) is 17.7. The highest BCUT2D eigenvalue weighted by molar-refractivity contribution is 5.85. The van der Waals surface area contributed by atoms with E-state index in [1.807, 2.05) is 6.07 Å². The van der Waals surface area contributed by atoms with Crippen LogP contribution >= 0.6 is 0 Å². The van der Waals surface area contributed by atoms with Crippen molar-refractivity contribution in [3.05, 3.63) is 35.9 Å². The second kappa shape index (κ2) is 7.58. The van der Waals surface area contributed by atoms with Crippen molar-refractivity contribution in [2.45, 2.75) is 75.7 Å². The minimum Gasteiger partial charge on any atom is -0.353 e. The number of amides is 1. The van der Waals surface area contributed by atoms with Gasteiger partial charge in [0.15, 0.2) is 0 Å². The molecule has 30 heavy (non-hydrogen) atoms. The molecule has 4 bridgehead atoms. The fourth-order valence-corrected chi connectivity index (χ4v) is 7.94. The molecule has 1 amide bonds. The van der Waals surface area contributed by atoms with Crippen molar-refractivity contribution in [3.63, 3.8) is 0 Å². The van der Waals surface area contributed by atoms with Gasteiger partial charge in [0.05, 0.1) is 5.41 Å². The fourth-order valence-electron chi connectivity index (χ4n) is 7.94. The van der Waals surface area contributed by atoms with Crippen molar-refractivity contribution in [3.8, 4) is 0 Å². The van der Waals surface area contributed by atoms with Crippen LogP contribution in [0.3, 0.4) is 0 Å². The van der Waals surface area contributed by atoms with E-state index in [-0.39, 0.29) is 41.5 Å². The van der Waals surface area contributed by atoms with Crippen molar-refractivity contribution < 1.29 is 13.6 Å². The summed E-state index contributed by atoms with van der Waals surface area (Å²) in [6, 6.07) is 10.7. The molecular formula is C25H34F2N2O. The van der Waals surface area contributed by atoms with E-state index in [1.165, 1.54) is 5.56 Å². The van der Waals surface area contributed by atoms with Gasteiger partial charge in [-0.15, -0.1) is 0 Å². The Kier molecular flexibility index (Phi) is 5.16. The number of rotatable bonds is 6. The van der Waals surface area contributed by atoms with Gasteiger partial charge in [-0.1, -0.05) is 30.3 Å². The van der Waals surface area contributed by atoms with Gasteiger partial charge in [0, 0.05) is 12.5 Å². The molecule has 5 saturated carbocycles. The van der Waals surface area contributed by atoms with Crippen LogP contribution < -0.4 is 11.1 Å². The monoisotopic (exact) mass is 416 g/mol. The average molecular weight is 417 g/mol. The van der Waals surface area contributed by atoms with Gasteiger partial charge in [-0.05, 0) is 92.6 Å². The van der Waals surface area contributed by atoms with Crippen molar-refractivity contribution in [1.82, 2.24) is 5.32 Å². The number of halogens is 2. The number of carbonyl (C=O) groups is 1. The Morgan fingerprint density at radius 1 is 1.10 bits per heavy atom. The molecule has 0 saturated heterocycles. The second-order valence-electron chi connectivity index (χ2n) is 10.7. The van der Waals surface area contributed by atoms with E-state index in [2.05, 4.69) is 29.6 Å². The molecule has 5 atom stereocenters. The standard InChI is InChI=1S/C25H34F2N2O/c26-22(27)10-20-17-11-24(18-4-2-1-3-5-18)13-21(20)25(12-17,15-24)23(30)29-19-8-6-16(14-28)7-9-19/h1-5,16-17,19-22H,6-15,28H2,(H,29,30). The third-order valence-electron chi connectivity index (χ3n) is 9.18.